The van der Waals surface area contributed by atoms with Crippen LogP contribution in [0, 0.1) is 0 Å². The van der Waals surface area contributed by atoms with Gasteiger partial charge >= 0.3 is 11.8 Å². The summed E-state index contributed by atoms with van der Waals surface area (Å²) in [5.74, 6) is -0.979. The lowest BCUT2D eigenvalue weighted by molar-refractivity contribution is -0.132. The number of nitrogens with one attached hydrogen (secondary N) is 2. The summed E-state index contributed by atoms with van der Waals surface area (Å²) in [4.78, 5) is 23.8. The summed E-state index contributed by atoms with van der Waals surface area (Å²) >= 11 is 3.31. The summed E-state index contributed by atoms with van der Waals surface area (Å²) < 4.78 is 0.829. The number of benzene rings is 2. The quantitative estimate of drug-likeness (QED) is 0.807. The van der Waals surface area contributed by atoms with Gasteiger partial charge in [-0.15, -0.1) is 0 Å². The zero-order chi connectivity index (χ0) is 16.1. The van der Waals surface area contributed by atoms with Gasteiger partial charge in [-0.1, -0.05) is 48.0 Å². The molecule has 0 aliphatic heterocycles. The monoisotopic (exact) mass is 360 g/mol. The van der Waals surface area contributed by atoms with E-state index in [0.717, 1.165) is 4.47 Å². The van der Waals surface area contributed by atoms with E-state index in [4.69, 9.17) is 0 Å². The third-order valence-corrected chi connectivity index (χ3v) is 3.62. The van der Waals surface area contributed by atoms with Gasteiger partial charge in [0.15, 0.2) is 0 Å². The number of amides is 2. The molecule has 0 aromatic heterocycles. The molecule has 0 radical (unpaired) electrons. The number of carbonyl (C=O) groups excluding carboxylic acids is 2. The lowest BCUT2D eigenvalue weighted by Gasteiger charge is -2.09. The van der Waals surface area contributed by atoms with E-state index in [0.29, 0.717) is 17.3 Å². The van der Waals surface area contributed by atoms with E-state index >= 15 is 0 Å². The second-order valence-electron chi connectivity index (χ2n) is 5.20. The number of anilines is 2. The predicted octanol–water partition coefficient (Wildman–Crippen LogP) is 4.15. The molecule has 0 aliphatic rings. The number of hydrogen-bond acceptors (Lipinski definition) is 2. The summed E-state index contributed by atoms with van der Waals surface area (Å²) in [6, 6.07) is 14.5. The van der Waals surface area contributed by atoms with Crippen LogP contribution in [0.25, 0.3) is 0 Å². The summed E-state index contributed by atoms with van der Waals surface area (Å²) in [5, 5.41) is 5.13. The Balaban J connectivity index is 1.98. The molecule has 0 atom stereocenters. The maximum atomic E-state index is 11.9. The summed E-state index contributed by atoms with van der Waals surface area (Å²) in [7, 11) is 0. The summed E-state index contributed by atoms with van der Waals surface area (Å²) in [6.45, 7) is 4.19. The van der Waals surface area contributed by atoms with E-state index in [1.54, 1.807) is 30.3 Å². The zero-order valence-corrected chi connectivity index (χ0v) is 14.0. The van der Waals surface area contributed by atoms with Gasteiger partial charge in [-0.3, -0.25) is 9.59 Å². The van der Waals surface area contributed by atoms with Crippen molar-refractivity contribution in [3.05, 3.63) is 58.6 Å². The summed E-state index contributed by atoms with van der Waals surface area (Å²) in [6.07, 6.45) is 0. The third kappa shape index (κ3) is 4.43. The van der Waals surface area contributed by atoms with Crippen molar-refractivity contribution in [2.75, 3.05) is 10.6 Å². The van der Waals surface area contributed by atoms with Crippen molar-refractivity contribution < 1.29 is 9.59 Å². The molecule has 0 heterocycles. The van der Waals surface area contributed by atoms with Crippen LogP contribution in [0.1, 0.15) is 25.3 Å². The highest BCUT2D eigenvalue weighted by atomic mass is 79.9. The van der Waals surface area contributed by atoms with Crippen molar-refractivity contribution in [3.63, 3.8) is 0 Å². The Labute approximate surface area is 138 Å². The first-order chi connectivity index (χ1) is 10.5. The Kier molecular flexibility index (Phi) is 5.33. The van der Waals surface area contributed by atoms with Gasteiger partial charge in [-0.2, -0.15) is 0 Å². The number of halogens is 1. The van der Waals surface area contributed by atoms with Gasteiger partial charge in [0.1, 0.15) is 0 Å². The largest absolute Gasteiger partial charge is 0.318 e. The van der Waals surface area contributed by atoms with E-state index in [-0.39, 0.29) is 0 Å². The number of hydrogen-bond donors (Lipinski definition) is 2. The number of rotatable bonds is 3. The highest BCUT2D eigenvalue weighted by molar-refractivity contribution is 9.10. The van der Waals surface area contributed by atoms with Crippen LogP contribution in [-0.2, 0) is 9.59 Å². The molecular formula is C17H17BrN2O2. The maximum Gasteiger partial charge on any atom is 0.314 e. The summed E-state index contributed by atoms with van der Waals surface area (Å²) in [5.41, 5.74) is 2.33. The van der Waals surface area contributed by atoms with Crippen LogP contribution in [0.3, 0.4) is 0 Å². The average molecular weight is 361 g/mol. The molecule has 0 saturated carbocycles. The average Bonchev–Trinajstić information content (AvgIpc) is 2.47. The molecule has 0 unspecified atom stereocenters. The van der Waals surface area contributed by atoms with Crippen molar-refractivity contribution in [2.24, 2.45) is 0 Å². The zero-order valence-electron chi connectivity index (χ0n) is 12.4. The fourth-order valence-electron chi connectivity index (χ4n) is 1.89. The van der Waals surface area contributed by atoms with E-state index in [9.17, 15) is 9.59 Å². The van der Waals surface area contributed by atoms with Crippen molar-refractivity contribution >= 4 is 39.1 Å². The standard InChI is InChI=1S/C17H17BrN2O2/c1-11(2)12-6-8-14(9-7-12)19-16(21)17(22)20-15-5-3-4-13(18)10-15/h3-11H,1-2H3,(H,19,21)(H,20,22). The Bertz CT molecular complexity index is 681. The van der Waals surface area contributed by atoms with Gasteiger partial charge in [0.05, 0.1) is 0 Å². The fraction of sp³-hybridized carbons (Fsp3) is 0.176. The van der Waals surface area contributed by atoms with E-state index in [1.807, 2.05) is 18.2 Å². The fourth-order valence-corrected chi connectivity index (χ4v) is 2.29. The van der Waals surface area contributed by atoms with Crippen molar-refractivity contribution in [1.82, 2.24) is 0 Å². The van der Waals surface area contributed by atoms with Crippen LogP contribution < -0.4 is 10.6 Å². The highest BCUT2D eigenvalue weighted by Gasteiger charge is 2.14. The first-order valence-electron chi connectivity index (χ1n) is 6.93. The number of carbonyl (C=O) groups is 2. The van der Waals surface area contributed by atoms with Crippen LogP contribution in [-0.4, -0.2) is 11.8 Å². The normalized spacial score (nSPS) is 10.4. The molecule has 0 spiro atoms. The maximum absolute atomic E-state index is 11.9. The minimum Gasteiger partial charge on any atom is -0.318 e. The van der Waals surface area contributed by atoms with Crippen LogP contribution in [0.4, 0.5) is 11.4 Å². The Morgan fingerprint density at radius 1 is 0.909 bits per heavy atom. The molecule has 0 aliphatic carbocycles. The second-order valence-corrected chi connectivity index (χ2v) is 6.11. The molecule has 2 rings (SSSR count). The van der Waals surface area contributed by atoms with Gasteiger partial charge in [0.25, 0.3) is 0 Å². The van der Waals surface area contributed by atoms with Crippen LogP contribution >= 0.6 is 15.9 Å². The van der Waals surface area contributed by atoms with Gasteiger partial charge in [-0.05, 0) is 41.8 Å². The minimum absolute atomic E-state index is 0.421. The molecule has 2 aromatic carbocycles. The van der Waals surface area contributed by atoms with Crippen LogP contribution in [0.5, 0.6) is 0 Å². The molecule has 114 valence electrons. The molecule has 5 heteroatoms. The minimum atomic E-state index is -0.703. The molecule has 4 nitrogen and oxygen atoms in total. The van der Waals surface area contributed by atoms with Crippen molar-refractivity contribution in [2.45, 2.75) is 19.8 Å². The molecule has 2 N–H and O–H groups in total. The van der Waals surface area contributed by atoms with Gasteiger partial charge in [0.2, 0.25) is 0 Å². The van der Waals surface area contributed by atoms with Crippen LogP contribution in [0.15, 0.2) is 53.0 Å². The van der Waals surface area contributed by atoms with E-state index in [2.05, 4.69) is 40.4 Å². The molecular weight excluding hydrogens is 344 g/mol. The smallest absolute Gasteiger partial charge is 0.314 e. The molecule has 2 aromatic rings. The first kappa shape index (κ1) is 16.2. The Hall–Kier alpha value is -2.14. The first-order valence-corrected chi connectivity index (χ1v) is 7.73. The van der Waals surface area contributed by atoms with Crippen LogP contribution in [0.2, 0.25) is 0 Å². The third-order valence-electron chi connectivity index (χ3n) is 3.12. The predicted molar refractivity (Wildman–Crippen MR) is 91.9 cm³/mol. The van der Waals surface area contributed by atoms with Crippen molar-refractivity contribution in [3.8, 4) is 0 Å². The molecule has 0 bridgehead atoms. The Morgan fingerprint density at radius 2 is 1.50 bits per heavy atom. The molecule has 22 heavy (non-hydrogen) atoms. The topological polar surface area (TPSA) is 58.2 Å². The lowest BCUT2D eigenvalue weighted by atomic mass is 10.0. The molecule has 0 fully saturated rings. The highest BCUT2D eigenvalue weighted by Crippen LogP contribution is 2.18. The van der Waals surface area contributed by atoms with Gasteiger partial charge in [0, 0.05) is 15.8 Å². The SMILES string of the molecule is CC(C)c1ccc(NC(=O)C(=O)Nc2cccc(Br)c2)cc1. The molecule has 2 amide bonds. The Morgan fingerprint density at radius 3 is 2.05 bits per heavy atom. The van der Waals surface area contributed by atoms with Gasteiger partial charge < -0.3 is 10.6 Å². The van der Waals surface area contributed by atoms with Crippen molar-refractivity contribution in [1.29, 1.82) is 0 Å². The van der Waals surface area contributed by atoms with E-state index in [1.165, 1.54) is 5.56 Å². The second kappa shape index (κ2) is 7.22. The van der Waals surface area contributed by atoms with Gasteiger partial charge in [-0.25, -0.2) is 0 Å². The molecule has 0 saturated heterocycles. The van der Waals surface area contributed by atoms with E-state index < -0.39 is 11.8 Å². The lowest BCUT2D eigenvalue weighted by Crippen LogP contribution is -2.29.